The highest BCUT2D eigenvalue weighted by atomic mass is 32.2. The van der Waals surface area contributed by atoms with Crippen LogP contribution in [0.5, 0.6) is 0 Å². The zero-order chi connectivity index (χ0) is 13.1. The third-order valence-electron chi connectivity index (χ3n) is 2.58. The molecule has 0 aliphatic heterocycles. The molecule has 0 N–H and O–H groups in total. The first kappa shape index (κ1) is 12.5. The Morgan fingerprint density at radius 1 is 1.28 bits per heavy atom. The summed E-state index contributed by atoms with van der Waals surface area (Å²) in [5.74, 6) is 0.489. The molecule has 1 aromatic carbocycles. The number of thioether (sulfide) groups is 1. The van der Waals surface area contributed by atoms with E-state index in [1.165, 1.54) is 11.8 Å². The van der Waals surface area contributed by atoms with Crippen LogP contribution in [0.2, 0.25) is 0 Å². The standard InChI is InChI=1S/C14H11NO2S/c1-9-3-5-10(6-4-9)12-7-13(18-2)11(8-15)14(16)17-12/h3-7H,1-2H3. The van der Waals surface area contributed by atoms with Crippen LogP contribution in [0.4, 0.5) is 0 Å². The summed E-state index contributed by atoms with van der Waals surface area (Å²) in [5, 5.41) is 8.90. The van der Waals surface area contributed by atoms with Gasteiger partial charge in [0.05, 0.1) is 0 Å². The van der Waals surface area contributed by atoms with Crippen molar-refractivity contribution >= 4 is 11.8 Å². The first-order valence-corrected chi connectivity index (χ1v) is 6.57. The molecule has 0 saturated carbocycles. The van der Waals surface area contributed by atoms with Gasteiger partial charge in [-0.25, -0.2) is 4.79 Å². The van der Waals surface area contributed by atoms with Gasteiger partial charge in [-0.2, -0.15) is 5.26 Å². The minimum Gasteiger partial charge on any atom is -0.422 e. The summed E-state index contributed by atoms with van der Waals surface area (Å²) < 4.78 is 5.18. The van der Waals surface area contributed by atoms with Crippen LogP contribution in [-0.2, 0) is 0 Å². The van der Waals surface area contributed by atoms with Crippen LogP contribution in [0.25, 0.3) is 11.3 Å². The number of rotatable bonds is 2. The number of benzene rings is 1. The predicted octanol–water partition coefficient (Wildman–Crippen LogP) is 3.21. The number of hydrogen-bond acceptors (Lipinski definition) is 4. The molecule has 0 fully saturated rings. The van der Waals surface area contributed by atoms with E-state index in [2.05, 4.69) is 0 Å². The summed E-state index contributed by atoms with van der Waals surface area (Å²) in [7, 11) is 0. The topological polar surface area (TPSA) is 54.0 Å². The summed E-state index contributed by atoms with van der Waals surface area (Å²) in [6, 6.07) is 11.3. The van der Waals surface area contributed by atoms with Gasteiger partial charge in [-0.3, -0.25) is 0 Å². The molecular formula is C14H11NO2S. The van der Waals surface area contributed by atoms with Crippen molar-refractivity contribution in [1.82, 2.24) is 0 Å². The van der Waals surface area contributed by atoms with Gasteiger partial charge in [0, 0.05) is 10.5 Å². The summed E-state index contributed by atoms with van der Waals surface area (Å²) in [6.07, 6.45) is 1.83. The fraction of sp³-hybridized carbons (Fsp3) is 0.143. The van der Waals surface area contributed by atoms with E-state index in [0.29, 0.717) is 10.7 Å². The van der Waals surface area contributed by atoms with E-state index in [0.717, 1.165) is 11.1 Å². The monoisotopic (exact) mass is 257 g/mol. The van der Waals surface area contributed by atoms with Gasteiger partial charge in [-0.05, 0) is 19.2 Å². The predicted molar refractivity (Wildman–Crippen MR) is 71.6 cm³/mol. The van der Waals surface area contributed by atoms with Crippen LogP contribution in [0.15, 0.2) is 44.4 Å². The van der Waals surface area contributed by atoms with Gasteiger partial charge in [0.15, 0.2) is 5.56 Å². The lowest BCUT2D eigenvalue weighted by Gasteiger charge is -2.04. The molecule has 1 aromatic heterocycles. The fourth-order valence-electron chi connectivity index (χ4n) is 1.59. The van der Waals surface area contributed by atoms with Crippen molar-refractivity contribution in [3.8, 4) is 17.4 Å². The summed E-state index contributed by atoms with van der Waals surface area (Å²) >= 11 is 1.36. The smallest absolute Gasteiger partial charge is 0.355 e. The Bertz CT molecular complexity index is 666. The maximum absolute atomic E-state index is 11.7. The molecule has 3 nitrogen and oxygen atoms in total. The highest BCUT2D eigenvalue weighted by Crippen LogP contribution is 2.25. The molecular weight excluding hydrogens is 246 g/mol. The first-order valence-electron chi connectivity index (χ1n) is 5.35. The lowest BCUT2D eigenvalue weighted by atomic mass is 10.1. The van der Waals surface area contributed by atoms with E-state index >= 15 is 0 Å². The molecule has 2 aromatic rings. The van der Waals surface area contributed by atoms with Crippen molar-refractivity contribution in [3.05, 3.63) is 51.9 Å². The van der Waals surface area contributed by atoms with E-state index in [1.54, 1.807) is 6.07 Å². The second-order valence-corrected chi connectivity index (χ2v) is 4.67. The van der Waals surface area contributed by atoms with Crippen LogP contribution in [0, 0.1) is 18.3 Å². The number of nitriles is 1. The van der Waals surface area contributed by atoms with Crippen LogP contribution < -0.4 is 5.63 Å². The summed E-state index contributed by atoms with van der Waals surface area (Å²) in [6.45, 7) is 1.99. The summed E-state index contributed by atoms with van der Waals surface area (Å²) in [4.78, 5) is 12.3. The average Bonchev–Trinajstić information content (AvgIpc) is 2.38. The molecule has 0 atom stereocenters. The van der Waals surface area contributed by atoms with Gasteiger partial charge in [0.2, 0.25) is 0 Å². The van der Waals surface area contributed by atoms with Crippen LogP contribution in [0.1, 0.15) is 11.1 Å². The Morgan fingerprint density at radius 3 is 2.50 bits per heavy atom. The van der Waals surface area contributed by atoms with Gasteiger partial charge in [-0.15, -0.1) is 11.8 Å². The second kappa shape index (κ2) is 5.11. The average molecular weight is 257 g/mol. The third-order valence-corrected chi connectivity index (χ3v) is 3.34. The number of hydrogen-bond donors (Lipinski definition) is 0. The molecule has 0 unspecified atom stereocenters. The van der Waals surface area contributed by atoms with Gasteiger partial charge in [0.1, 0.15) is 11.8 Å². The Morgan fingerprint density at radius 2 is 1.94 bits per heavy atom. The van der Waals surface area contributed by atoms with Gasteiger partial charge in [-0.1, -0.05) is 29.8 Å². The van der Waals surface area contributed by atoms with Crippen molar-refractivity contribution in [1.29, 1.82) is 5.26 Å². The molecule has 90 valence electrons. The fourth-order valence-corrected chi connectivity index (χ4v) is 2.15. The second-order valence-electron chi connectivity index (χ2n) is 3.82. The Labute approximate surface area is 109 Å². The SMILES string of the molecule is CSc1cc(-c2ccc(C)cc2)oc(=O)c1C#N. The molecule has 4 heteroatoms. The van der Waals surface area contributed by atoms with E-state index in [4.69, 9.17) is 9.68 Å². The zero-order valence-corrected chi connectivity index (χ0v) is 10.9. The molecule has 0 spiro atoms. The van der Waals surface area contributed by atoms with Gasteiger partial charge in [0.25, 0.3) is 0 Å². The number of nitrogens with zero attached hydrogens (tertiary/aromatic N) is 1. The quantitative estimate of drug-likeness (QED) is 0.775. The first-order chi connectivity index (χ1) is 8.65. The Balaban J connectivity index is 2.60. The van der Waals surface area contributed by atoms with Crippen molar-refractivity contribution in [2.45, 2.75) is 11.8 Å². The lowest BCUT2D eigenvalue weighted by molar-refractivity contribution is 0.518. The number of aryl methyl sites for hydroxylation is 1. The molecule has 18 heavy (non-hydrogen) atoms. The highest BCUT2D eigenvalue weighted by Gasteiger charge is 2.11. The van der Waals surface area contributed by atoms with Crippen LogP contribution in [0.3, 0.4) is 0 Å². The molecule has 2 rings (SSSR count). The molecule has 0 bridgehead atoms. The van der Waals surface area contributed by atoms with E-state index in [1.807, 2.05) is 43.5 Å². The largest absolute Gasteiger partial charge is 0.422 e. The van der Waals surface area contributed by atoms with E-state index in [9.17, 15) is 4.79 Å². The molecule has 0 saturated heterocycles. The van der Waals surface area contributed by atoms with E-state index in [-0.39, 0.29) is 5.56 Å². The minimum absolute atomic E-state index is 0.0679. The molecule has 0 amide bonds. The Hall–Kier alpha value is -1.99. The maximum Gasteiger partial charge on any atom is 0.355 e. The molecule has 0 aliphatic carbocycles. The van der Waals surface area contributed by atoms with Crippen molar-refractivity contribution < 1.29 is 4.42 Å². The normalized spacial score (nSPS) is 10.1. The highest BCUT2D eigenvalue weighted by molar-refractivity contribution is 7.98. The maximum atomic E-state index is 11.7. The third kappa shape index (κ3) is 2.31. The van der Waals surface area contributed by atoms with Crippen LogP contribution >= 0.6 is 11.8 Å². The van der Waals surface area contributed by atoms with Gasteiger partial charge >= 0.3 is 5.63 Å². The van der Waals surface area contributed by atoms with E-state index < -0.39 is 5.63 Å². The minimum atomic E-state index is -0.583. The van der Waals surface area contributed by atoms with Crippen molar-refractivity contribution in [2.24, 2.45) is 0 Å². The van der Waals surface area contributed by atoms with Crippen molar-refractivity contribution in [2.75, 3.05) is 6.26 Å². The lowest BCUT2D eigenvalue weighted by Crippen LogP contribution is -2.06. The van der Waals surface area contributed by atoms with Crippen molar-refractivity contribution in [3.63, 3.8) is 0 Å². The summed E-state index contributed by atoms with van der Waals surface area (Å²) in [5.41, 5.74) is 1.45. The van der Waals surface area contributed by atoms with Gasteiger partial charge < -0.3 is 4.42 Å². The van der Waals surface area contributed by atoms with Crippen LogP contribution in [-0.4, -0.2) is 6.26 Å². The molecule has 0 aliphatic rings. The molecule has 1 heterocycles. The Kier molecular flexibility index (Phi) is 3.54. The molecule has 0 radical (unpaired) electrons. The zero-order valence-electron chi connectivity index (χ0n) is 10.1.